The number of benzene rings is 1. The van der Waals surface area contributed by atoms with Crippen LogP contribution in [0.3, 0.4) is 0 Å². The number of amides is 1. The lowest BCUT2D eigenvalue weighted by Gasteiger charge is -1.98. The molecule has 2 heterocycles. The molecule has 0 radical (unpaired) electrons. The molecule has 134 valence electrons. The van der Waals surface area contributed by atoms with Crippen molar-refractivity contribution in [2.24, 2.45) is 0 Å². The highest BCUT2D eigenvalue weighted by molar-refractivity contribution is 7.99. The van der Waals surface area contributed by atoms with Crippen LogP contribution in [0, 0.1) is 6.92 Å². The van der Waals surface area contributed by atoms with Crippen molar-refractivity contribution in [1.29, 1.82) is 0 Å². The summed E-state index contributed by atoms with van der Waals surface area (Å²) >= 11 is 2.59. The van der Waals surface area contributed by atoms with Gasteiger partial charge in [0.2, 0.25) is 11.8 Å². The van der Waals surface area contributed by atoms with E-state index >= 15 is 0 Å². The van der Waals surface area contributed by atoms with Gasteiger partial charge in [0.1, 0.15) is 0 Å². The van der Waals surface area contributed by atoms with E-state index in [1.165, 1.54) is 30.0 Å². The highest BCUT2D eigenvalue weighted by atomic mass is 32.2. The molecule has 1 amide bonds. The van der Waals surface area contributed by atoms with E-state index in [9.17, 15) is 9.59 Å². The Labute approximate surface area is 159 Å². The van der Waals surface area contributed by atoms with Gasteiger partial charge in [-0.1, -0.05) is 29.5 Å². The van der Waals surface area contributed by atoms with Gasteiger partial charge in [0, 0.05) is 17.4 Å². The molecule has 0 saturated carbocycles. The fraction of sp³-hybridized carbons (Fsp3) is 0.222. The molecule has 0 aliphatic carbocycles. The normalized spacial score (nSPS) is 10.7. The molecule has 0 fully saturated rings. The van der Waals surface area contributed by atoms with E-state index in [2.05, 4.69) is 15.5 Å². The molecule has 2 aromatic heterocycles. The van der Waals surface area contributed by atoms with Crippen LogP contribution in [0.15, 0.2) is 46.0 Å². The minimum absolute atomic E-state index is 0.0100. The SMILES string of the molecule is CC(=O)NCc1ccc(C(=O)CSc2nnc(-c3ccc(C)cc3)o2)s1. The summed E-state index contributed by atoms with van der Waals surface area (Å²) in [5.74, 6) is 0.552. The minimum Gasteiger partial charge on any atom is -0.411 e. The van der Waals surface area contributed by atoms with Crippen LogP contribution in [-0.4, -0.2) is 27.6 Å². The van der Waals surface area contributed by atoms with Crippen molar-refractivity contribution in [3.05, 3.63) is 51.7 Å². The van der Waals surface area contributed by atoms with E-state index in [0.717, 1.165) is 16.0 Å². The van der Waals surface area contributed by atoms with Crippen LogP contribution in [0.25, 0.3) is 11.5 Å². The number of thiophene rings is 1. The van der Waals surface area contributed by atoms with Crippen LogP contribution in [0.1, 0.15) is 27.0 Å². The van der Waals surface area contributed by atoms with Crippen molar-refractivity contribution in [2.45, 2.75) is 25.6 Å². The van der Waals surface area contributed by atoms with Crippen molar-refractivity contribution >= 4 is 34.8 Å². The van der Waals surface area contributed by atoms with Gasteiger partial charge < -0.3 is 9.73 Å². The lowest BCUT2D eigenvalue weighted by molar-refractivity contribution is -0.119. The van der Waals surface area contributed by atoms with Gasteiger partial charge in [-0.05, 0) is 31.2 Å². The number of nitrogens with one attached hydrogen (secondary N) is 1. The summed E-state index contributed by atoms with van der Waals surface area (Å²) in [7, 11) is 0. The average molecular weight is 387 g/mol. The highest BCUT2D eigenvalue weighted by Gasteiger charge is 2.14. The van der Waals surface area contributed by atoms with Gasteiger partial charge in [-0.25, -0.2) is 0 Å². The Balaban J connectivity index is 1.56. The molecular formula is C18H17N3O3S2. The largest absolute Gasteiger partial charge is 0.411 e. The monoisotopic (exact) mass is 387 g/mol. The maximum absolute atomic E-state index is 12.3. The van der Waals surface area contributed by atoms with E-state index in [1.54, 1.807) is 6.07 Å². The number of aryl methyl sites for hydroxylation is 1. The molecule has 0 saturated heterocycles. The number of ketones is 1. The Morgan fingerprint density at radius 1 is 1.15 bits per heavy atom. The molecule has 0 unspecified atom stereocenters. The van der Waals surface area contributed by atoms with Crippen LogP contribution in [-0.2, 0) is 11.3 Å². The zero-order valence-corrected chi connectivity index (χ0v) is 15.9. The van der Waals surface area contributed by atoms with Gasteiger partial charge in [-0.2, -0.15) is 0 Å². The second kappa shape index (κ2) is 8.29. The Morgan fingerprint density at radius 2 is 1.92 bits per heavy atom. The smallest absolute Gasteiger partial charge is 0.277 e. The summed E-state index contributed by atoms with van der Waals surface area (Å²) in [6, 6.07) is 11.4. The standard InChI is InChI=1S/C18H17N3O3S2/c1-11-3-5-13(6-4-11)17-20-21-18(24-17)25-10-15(23)16-8-7-14(26-16)9-19-12(2)22/h3-8H,9-10H2,1-2H3,(H,19,22). The molecule has 0 aliphatic heterocycles. The predicted octanol–water partition coefficient (Wildman–Crippen LogP) is 3.72. The number of carbonyl (C=O) groups excluding carboxylic acids is 2. The maximum atomic E-state index is 12.3. The number of nitrogens with zero attached hydrogens (tertiary/aromatic N) is 2. The number of hydrogen-bond donors (Lipinski definition) is 1. The van der Waals surface area contributed by atoms with Crippen LogP contribution in [0.2, 0.25) is 0 Å². The predicted molar refractivity (Wildman–Crippen MR) is 101 cm³/mol. The Hall–Kier alpha value is -2.45. The molecule has 0 aliphatic rings. The lowest BCUT2D eigenvalue weighted by Crippen LogP contribution is -2.18. The van der Waals surface area contributed by atoms with E-state index in [1.807, 2.05) is 37.3 Å². The minimum atomic E-state index is -0.0948. The molecule has 1 N–H and O–H groups in total. The lowest BCUT2D eigenvalue weighted by atomic mass is 10.1. The van der Waals surface area contributed by atoms with Crippen molar-refractivity contribution in [1.82, 2.24) is 15.5 Å². The van der Waals surface area contributed by atoms with Crippen LogP contribution in [0.5, 0.6) is 0 Å². The summed E-state index contributed by atoms with van der Waals surface area (Å²) in [5.41, 5.74) is 2.00. The van der Waals surface area contributed by atoms with Gasteiger partial charge >= 0.3 is 0 Å². The van der Waals surface area contributed by atoms with E-state index < -0.39 is 0 Å². The average Bonchev–Trinajstić information content (AvgIpc) is 3.28. The van der Waals surface area contributed by atoms with Gasteiger partial charge in [0.15, 0.2) is 5.78 Å². The number of thioether (sulfide) groups is 1. The maximum Gasteiger partial charge on any atom is 0.277 e. The number of Topliss-reactive ketones (excluding diaryl/α,β-unsaturated/α-hetero) is 1. The third-order valence-corrected chi connectivity index (χ3v) is 5.42. The molecule has 8 heteroatoms. The molecular weight excluding hydrogens is 370 g/mol. The molecule has 0 spiro atoms. The summed E-state index contributed by atoms with van der Waals surface area (Å²) < 4.78 is 5.61. The third kappa shape index (κ3) is 4.80. The number of carbonyl (C=O) groups is 2. The van der Waals surface area contributed by atoms with Crippen molar-refractivity contribution < 1.29 is 14.0 Å². The van der Waals surface area contributed by atoms with Crippen LogP contribution < -0.4 is 5.32 Å². The van der Waals surface area contributed by atoms with E-state index in [4.69, 9.17) is 4.42 Å². The molecule has 3 aromatic rings. The Morgan fingerprint density at radius 3 is 2.65 bits per heavy atom. The molecule has 1 aromatic carbocycles. The van der Waals surface area contributed by atoms with Crippen molar-refractivity contribution in [3.63, 3.8) is 0 Å². The second-order valence-electron chi connectivity index (χ2n) is 5.63. The first-order chi connectivity index (χ1) is 12.5. The zero-order chi connectivity index (χ0) is 18.5. The zero-order valence-electron chi connectivity index (χ0n) is 14.3. The fourth-order valence-electron chi connectivity index (χ4n) is 2.11. The van der Waals surface area contributed by atoms with Crippen molar-refractivity contribution in [2.75, 3.05) is 5.75 Å². The van der Waals surface area contributed by atoms with Gasteiger partial charge in [-0.15, -0.1) is 21.5 Å². The summed E-state index contributed by atoms with van der Waals surface area (Å²) in [6.07, 6.45) is 0. The van der Waals surface area contributed by atoms with Crippen molar-refractivity contribution in [3.8, 4) is 11.5 Å². The number of hydrogen-bond acceptors (Lipinski definition) is 7. The molecule has 0 atom stereocenters. The first kappa shape index (κ1) is 18.3. The topological polar surface area (TPSA) is 85.1 Å². The van der Waals surface area contributed by atoms with E-state index in [0.29, 0.717) is 22.5 Å². The summed E-state index contributed by atoms with van der Waals surface area (Å²) in [6.45, 7) is 3.91. The number of rotatable bonds is 7. The van der Waals surface area contributed by atoms with Gasteiger partial charge in [0.05, 0.1) is 17.2 Å². The first-order valence-electron chi connectivity index (χ1n) is 7.91. The molecule has 6 nitrogen and oxygen atoms in total. The molecule has 0 bridgehead atoms. The quantitative estimate of drug-likeness (QED) is 0.491. The third-order valence-electron chi connectivity index (χ3n) is 3.48. The summed E-state index contributed by atoms with van der Waals surface area (Å²) in [4.78, 5) is 24.8. The number of aromatic nitrogens is 2. The highest BCUT2D eigenvalue weighted by Crippen LogP contribution is 2.25. The van der Waals surface area contributed by atoms with Gasteiger partial charge in [0.25, 0.3) is 5.22 Å². The molecule has 3 rings (SSSR count). The van der Waals surface area contributed by atoms with Gasteiger partial charge in [-0.3, -0.25) is 9.59 Å². The Kier molecular flexibility index (Phi) is 5.85. The Bertz CT molecular complexity index is 916. The summed E-state index contributed by atoms with van der Waals surface area (Å²) in [5, 5.41) is 11.1. The van der Waals surface area contributed by atoms with Crippen LogP contribution in [0.4, 0.5) is 0 Å². The van der Waals surface area contributed by atoms with Crippen LogP contribution >= 0.6 is 23.1 Å². The fourth-order valence-corrected chi connectivity index (χ4v) is 3.74. The second-order valence-corrected chi connectivity index (χ2v) is 7.72. The molecule has 26 heavy (non-hydrogen) atoms. The first-order valence-corrected chi connectivity index (χ1v) is 9.71. The van der Waals surface area contributed by atoms with E-state index in [-0.39, 0.29) is 17.4 Å².